The van der Waals surface area contributed by atoms with Crippen LogP contribution >= 0.6 is 0 Å². The van der Waals surface area contributed by atoms with Gasteiger partial charge in [0.15, 0.2) is 0 Å². The van der Waals surface area contributed by atoms with E-state index in [0.29, 0.717) is 0 Å². The molecule has 0 radical (unpaired) electrons. The standard InChI is InChI=1S/C18H28N2O3/c1-2-6-20-10-13-23-18-14-15(3-4-16(18)20)17(21)5-7-19-8-11-22-12-9-19/h3-4,14,17,21H,2,5-13H2,1H3. The fraction of sp³-hybridized carbons (Fsp3) is 0.667. The summed E-state index contributed by atoms with van der Waals surface area (Å²) in [5.41, 5.74) is 2.11. The zero-order valence-corrected chi connectivity index (χ0v) is 14.0. The summed E-state index contributed by atoms with van der Waals surface area (Å²) in [5.74, 6) is 0.910. The van der Waals surface area contributed by atoms with Gasteiger partial charge in [-0.3, -0.25) is 4.90 Å². The second kappa shape index (κ2) is 7.99. The molecule has 2 aliphatic rings. The number of anilines is 1. The maximum atomic E-state index is 10.5. The number of hydrogen-bond donors (Lipinski definition) is 1. The van der Waals surface area contributed by atoms with Crippen LogP contribution in [-0.2, 0) is 4.74 Å². The lowest BCUT2D eigenvalue weighted by atomic mass is 10.0. The van der Waals surface area contributed by atoms with Crippen molar-refractivity contribution in [3.8, 4) is 5.75 Å². The third-order valence-corrected chi connectivity index (χ3v) is 4.64. The van der Waals surface area contributed by atoms with Crippen molar-refractivity contribution < 1.29 is 14.6 Å². The molecule has 1 atom stereocenters. The van der Waals surface area contributed by atoms with E-state index in [2.05, 4.69) is 22.8 Å². The van der Waals surface area contributed by atoms with E-state index < -0.39 is 6.10 Å². The molecule has 3 rings (SSSR count). The van der Waals surface area contributed by atoms with Crippen LogP contribution in [0.4, 0.5) is 5.69 Å². The first-order valence-corrected chi connectivity index (χ1v) is 8.78. The highest BCUT2D eigenvalue weighted by Crippen LogP contribution is 2.34. The minimum atomic E-state index is -0.437. The van der Waals surface area contributed by atoms with Gasteiger partial charge >= 0.3 is 0 Å². The smallest absolute Gasteiger partial charge is 0.143 e. The summed E-state index contributed by atoms with van der Waals surface area (Å²) >= 11 is 0. The van der Waals surface area contributed by atoms with Crippen molar-refractivity contribution in [1.29, 1.82) is 0 Å². The molecule has 23 heavy (non-hydrogen) atoms. The molecule has 2 aliphatic heterocycles. The minimum absolute atomic E-state index is 0.437. The number of benzene rings is 1. The molecule has 5 heteroatoms. The third kappa shape index (κ3) is 4.16. The summed E-state index contributed by atoms with van der Waals surface area (Å²) in [6.45, 7) is 9.35. The predicted octanol–water partition coefficient (Wildman–Crippen LogP) is 2.05. The van der Waals surface area contributed by atoms with Gasteiger partial charge in [0.05, 0.1) is 31.5 Å². The van der Waals surface area contributed by atoms with Crippen LogP contribution < -0.4 is 9.64 Å². The molecule has 1 unspecified atom stereocenters. The van der Waals surface area contributed by atoms with Crippen LogP contribution in [0.15, 0.2) is 18.2 Å². The van der Waals surface area contributed by atoms with Gasteiger partial charge in [-0.05, 0) is 30.5 Å². The van der Waals surface area contributed by atoms with Crippen molar-refractivity contribution in [2.24, 2.45) is 0 Å². The monoisotopic (exact) mass is 320 g/mol. The molecule has 1 aromatic rings. The van der Waals surface area contributed by atoms with Crippen LogP contribution in [0.1, 0.15) is 31.4 Å². The lowest BCUT2D eigenvalue weighted by molar-refractivity contribution is 0.0300. The van der Waals surface area contributed by atoms with Crippen LogP contribution in [-0.4, -0.2) is 62.6 Å². The van der Waals surface area contributed by atoms with Crippen molar-refractivity contribution in [2.45, 2.75) is 25.9 Å². The fourth-order valence-corrected chi connectivity index (χ4v) is 3.30. The van der Waals surface area contributed by atoms with E-state index in [0.717, 1.165) is 82.4 Å². The van der Waals surface area contributed by atoms with E-state index in [1.807, 2.05) is 12.1 Å². The average molecular weight is 320 g/mol. The molecule has 0 aliphatic carbocycles. The van der Waals surface area contributed by atoms with Gasteiger partial charge in [-0.1, -0.05) is 13.0 Å². The topological polar surface area (TPSA) is 45.2 Å². The summed E-state index contributed by atoms with van der Waals surface area (Å²) in [4.78, 5) is 4.72. The normalized spacial score (nSPS) is 20.0. The molecule has 1 fully saturated rings. The number of hydrogen-bond acceptors (Lipinski definition) is 5. The number of nitrogens with zero attached hydrogens (tertiary/aromatic N) is 2. The van der Waals surface area contributed by atoms with Crippen LogP contribution in [0.3, 0.4) is 0 Å². The average Bonchev–Trinajstić information content (AvgIpc) is 2.60. The maximum absolute atomic E-state index is 10.5. The summed E-state index contributed by atoms with van der Waals surface area (Å²) in [6.07, 6.45) is 1.44. The second-order valence-electron chi connectivity index (χ2n) is 6.32. The first-order valence-electron chi connectivity index (χ1n) is 8.78. The first kappa shape index (κ1) is 16.6. The molecule has 0 saturated carbocycles. The largest absolute Gasteiger partial charge is 0.490 e. The summed E-state index contributed by atoms with van der Waals surface area (Å²) in [5, 5.41) is 10.5. The number of morpholine rings is 1. The SMILES string of the molecule is CCCN1CCOc2cc(C(O)CCN3CCOCC3)ccc21. The van der Waals surface area contributed by atoms with E-state index in [4.69, 9.17) is 9.47 Å². The van der Waals surface area contributed by atoms with Gasteiger partial charge in [-0.15, -0.1) is 0 Å². The van der Waals surface area contributed by atoms with Gasteiger partial charge in [0.2, 0.25) is 0 Å². The van der Waals surface area contributed by atoms with E-state index in [1.165, 1.54) is 0 Å². The Hall–Kier alpha value is -1.30. The number of ether oxygens (including phenoxy) is 2. The highest BCUT2D eigenvalue weighted by molar-refractivity contribution is 5.61. The Morgan fingerprint density at radius 1 is 1.13 bits per heavy atom. The van der Waals surface area contributed by atoms with Crippen molar-refractivity contribution in [3.05, 3.63) is 23.8 Å². The van der Waals surface area contributed by atoms with Crippen molar-refractivity contribution in [1.82, 2.24) is 4.90 Å². The van der Waals surface area contributed by atoms with Crippen LogP contribution in [0.5, 0.6) is 5.75 Å². The summed E-state index contributed by atoms with van der Waals surface area (Å²) in [7, 11) is 0. The number of aliphatic hydroxyl groups is 1. The number of fused-ring (bicyclic) bond motifs is 1. The molecule has 1 aromatic carbocycles. The molecule has 1 N–H and O–H groups in total. The highest BCUT2D eigenvalue weighted by atomic mass is 16.5. The zero-order valence-electron chi connectivity index (χ0n) is 14.0. The molecule has 5 nitrogen and oxygen atoms in total. The summed E-state index contributed by atoms with van der Waals surface area (Å²) < 4.78 is 11.2. The number of aliphatic hydroxyl groups excluding tert-OH is 1. The highest BCUT2D eigenvalue weighted by Gasteiger charge is 2.20. The zero-order chi connectivity index (χ0) is 16.1. The molecule has 0 bridgehead atoms. The fourth-order valence-electron chi connectivity index (χ4n) is 3.30. The van der Waals surface area contributed by atoms with E-state index in [1.54, 1.807) is 0 Å². The van der Waals surface area contributed by atoms with Crippen LogP contribution in [0.2, 0.25) is 0 Å². The van der Waals surface area contributed by atoms with Gasteiger partial charge < -0.3 is 19.5 Å². The lowest BCUT2D eigenvalue weighted by Gasteiger charge is -2.32. The summed E-state index contributed by atoms with van der Waals surface area (Å²) in [6, 6.07) is 6.15. The third-order valence-electron chi connectivity index (χ3n) is 4.64. The van der Waals surface area contributed by atoms with Gasteiger partial charge in [0.1, 0.15) is 12.4 Å². The number of rotatable bonds is 6. The molecule has 128 valence electrons. The molecular weight excluding hydrogens is 292 g/mol. The van der Waals surface area contributed by atoms with Crippen LogP contribution in [0, 0.1) is 0 Å². The van der Waals surface area contributed by atoms with Crippen molar-refractivity contribution >= 4 is 5.69 Å². The van der Waals surface area contributed by atoms with E-state index in [9.17, 15) is 5.11 Å². The Kier molecular flexibility index (Phi) is 5.75. The van der Waals surface area contributed by atoms with Crippen molar-refractivity contribution in [2.75, 3.05) is 57.4 Å². The molecular formula is C18H28N2O3. The van der Waals surface area contributed by atoms with Gasteiger partial charge in [-0.25, -0.2) is 0 Å². The minimum Gasteiger partial charge on any atom is -0.490 e. The quantitative estimate of drug-likeness (QED) is 0.869. The van der Waals surface area contributed by atoms with Crippen molar-refractivity contribution in [3.63, 3.8) is 0 Å². The molecule has 1 saturated heterocycles. The van der Waals surface area contributed by atoms with Gasteiger partial charge in [0, 0.05) is 26.2 Å². The maximum Gasteiger partial charge on any atom is 0.143 e. The Labute approximate surface area is 138 Å². The lowest BCUT2D eigenvalue weighted by Crippen LogP contribution is -2.37. The van der Waals surface area contributed by atoms with Crippen LogP contribution in [0.25, 0.3) is 0 Å². The molecule has 2 heterocycles. The first-order chi connectivity index (χ1) is 11.3. The van der Waals surface area contributed by atoms with E-state index >= 15 is 0 Å². The predicted molar refractivity (Wildman–Crippen MR) is 91.3 cm³/mol. The van der Waals surface area contributed by atoms with E-state index in [-0.39, 0.29) is 0 Å². The Morgan fingerprint density at radius 2 is 1.96 bits per heavy atom. The Morgan fingerprint density at radius 3 is 2.74 bits per heavy atom. The molecule has 0 amide bonds. The second-order valence-corrected chi connectivity index (χ2v) is 6.32. The molecule has 0 spiro atoms. The molecule has 0 aromatic heterocycles. The Bertz CT molecular complexity index is 503. The Balaban J connectivity index is 1.61. The van der Waals surface area contributed by atoms with Gasteiger partial charge in [0.25, 0.3) is 0 Å². The van der Waals surface area contributed by atoms with Gasteiger partial charge in [-0.2, -0.15) is 0 Å².